The second kappa shape index (κ2) is 14.9. The Balaban J connectivity index is 0.000000167. The van der Waals surface area contributed by atoms with E-state index in [1.54, 1.807) is 12.1 Å². The first-order chi connectivity index (χ1) is 26.0. The van der Waals surface area contributed by atoms with E-state index in [9.17, 15) is 28.9 Å². The number of aryl methyl sites for hydroxylation is 2. The van der Waals surface area contributed by atoms with Gasteiger partial charge in [-0.05, 0) is 148 Å². The maximum atomic E-state index is 13.5. The summed E-state index contributed by atoms with van der Waals surface area (Å²) in [5.74, 6) is -0.607. The minimum atomic E-state index is -0.811. The highest BCUT2D eigenvalue weighted by molar-refractivity contribution is 5.85. The Morgan fingerprint density at radius 3 is 1.33 bits per heavy atom. The Labute approximate surface area is 313 Å². The van der Waals surface area contributed by atoms with Crippen molar-refractivity contribution in [2.24, 2.45) is 0 Å². The molecule has 4 aromatic carbocycles. The first kappa shape index (κ1) is 36.5. The van der Waals surface area contributed by atoms with Crippen molar-refractivity contribution in [1.29, 1.82) is 10.5 Å². The fourth-order valence-electron chi connectivity index (χ4n) is 8.33. The van der Waals surface area contributed by atoms with Crippen LogP contribution < -0.4 is 11.1 Å². The van der Waals surface area contributed by atoms with Crippen LogP contribution in [0.1, 0.15) is 84.0 Å². The molecule has 0 bridgehead atoms. The molecule has 2 aliphatic rings. The van der Waals surface area contributed by atoms with E-state index < -0.39 is 10.8 Å². The number of pyridine rings is 2. The summed E-state index contributed by atoms with van der Waals surface area (Å²) in [6, 6.07) is 29.3. The van der Waals surface area contributed by atoms with Gasteiger partial charge in [0.15, 0.2) is 0 Å². The lowest BCUT2D eigenvalue weighted by Crippen LogP contribution is -2.24. The predicted octanol–water partition coefficient (Wildman–Crippen LogP) is 9.14. The van der Waals surface area contributed by atoms with E-state index in [2.05, 4.69) is 22.1 Å². The topological polar surface area (TPSA) is 113 Å². The zero-order valence-electron chi connectivity index (χ0n) is 30.6. The summed E-state index contributed by atoms with van der Waals surface area (Å²) < 4.78 is 27.1. The van der Waals surface area contributed by atoms with Gasteiger partial charge >= 0.3 is 0 Å². The van der Waals surface area contributed by atoms with Crippen molar-refractivity contribution in [3.05, 3.63) is 162 Å². The second-order valence-corrected chi connectivity index (χ2v) is 15.3. The number of aromatic amines is 2. The molecule has 6 nitrogen and oxygen atoms in total. The first-order valence-electron chi connectivity index (χ1n) is 18.7. The normalized spacial score (nSPS) is 15.7. The van der Waals surface area contributed by atoms with Gasteiger partial charge in [-0.15, -0.1) is 0 Å². The van der Waals surface area contributed by atoms with Gasteiger partial charge in [-0.25, -0.2) is 8.78 Å². The summed E-state index contributed by atoms with van der Waals surface area (Å²) in [7, 11) is 0. The average molecular weight is 721 g/mol. The fraction of sp³-hybridized carbons (Fsp3) is 0.304. The van der Waals surface area contributed by atoms with Gasteiger partial charge in [0.05, 0.1) is 23.0 Å². The highest BCUT2D eigenvalue weighted by Crippen LogP contribution is 2.34. The number of fused-ring (bicyclic) bond motifs is 6. The number of benzene rings is 4. The quantitative estimate of drug-likeness (QED) is 0.179. The molecule has 0 radical (unpaired) electrons. The zero-order valence-corrected chi connectivity index (χ0v) is 30.6. The molecule has 0 unspecified atom stereocenters. The van der Waals surface area contributed by atoms with Crippen molar-refractivity contribution in [1.82, 2.24) is 9.97 Å². The van der Waals surface area contributed by atoms with Crippen molar-refractivity contribution in [3.63, 3.8) is 0 Å². The number of nitrogens with one attached hydrogen (secondary N) is 2. The molecule has 8 heteroatoms. The number of aromatic nitrogens is 2. The van der Waals surface area contributed by atoms with Gasteiger partial charge in [-0.2, -0.15) is 10.5 Å². The molecule has 2 heterocycles. The maximum absolute atomic E-state index is 13.5. The SMILES string of the molecule is C[C@@](C#N)(Cc1cccc(F)c1)c1ccc2c3c(c(=O)[nH]c2c1)CCCC3.C[C@](C#N)(Cc1cccc(F)c1)c1ccc2c3c(c(=O)[nH]c2c1)CCCC3. The molecule has 2 aromatic heterocycles. The van der Waals surface area contributed by atoms with Gasteiger partial charge in [-0.3, -0.25) is 9.59 Å². The summed E-state index contributed by atoms with van der Waals surface area (Å²) >= 11 is 0. The van der Waals surface area contributed by atoms with E-state index >= 15 is 0 Å². The van der Waals surface area contributed by atoms with Crippen LogP contribution in [-0.4, -0.2) is 9.97 Å². The van der Waals surface area contributed by atoms with E-state index in [0.29, 0.717) is 12.8 Å². The molecule has 2 N–H and O–H groups in total. The maximum Gasteiger partial charge on any atom is 0.251 e. The van der Waals surface area contributed by atoms with Gasteiger partial charge in [0, 0.05) is 32.9 Å². The lowest BCUT2D eigenvalue weighted by molar-refractivity contribution is 0.593. The van der Waals surface area contributed by atoms with Gasteiger partial charge in [-0.1, -0.05) is 48.5 Å². The highest BCUT2D eigenvalue weighted by atomic mass is 19.1. The Bertz CT molecular complexity index is 2430. The van der Waals surface area contributed by atoms with E-state index in [1.165, 1.54) is 24.3 Å². The number of nitriles is 2. The highest BCUT2D eigenvalue weighted by Gasteiger charge is 2.30. The molecular weight excluding hydrogens is 679 g/mol. The number of hydrogen-bond acceptors (Lipinski definition) is 4. The number of H-pyrrole nitrogens is 2. The monoisotopic (exact) mass is 720 g/mol. The third-order valence-electron chi connectivity index (χ3n) is 11.3. The Hall–Kier alpha value is -5.86. The van der Waals surface area contributed by atoms with Crippen molar-refractivity contribution >= 4 is 21.8 Å². The summed E-state index contributed by atoms with van der Waals surface area (Å²) in [4.78, 5) is 31.0. The lowest BCUT2D eigenvalue weighted by Gasteiger charge is -2.24. The van der Waals surface area contributed by atoms with Crippen molar-refractivity contribution in [3.8, 4) is 12.1 Å². The smallest absolute Gasteiger partial charge is 0.251 e. The van der Waals surface area contributed by atoms with Crippen molar-refractivity contribution < 1.29 is 8.78 Å². The molecule has 0 spiro atoms. The lowest BCUT2D eigenvalue weighted by atomic mass is 9.78. The van der Waals surface area contributed by atoms with Crippen LogP contribution in [0.4, 0.5) is 8.78 Å². The average Bonchev–Trinajstić information content (AvgIpc) is 3.18. The summed E-state index contributed by atoms with van der Waals surface area (Å²) in [5.41, 5.74) is 7.22. The van der Waals surface area contributed by atoms with Crippen LogP contribution >= 0.6 is 0 Å². The molecule has 2 aliphatic carbocycles. The molecule has 0 aliphatic heterocycles. The molecular formula is C46H42F2N4O2. The third-order valence-corrected chi connectivity index (χ3v) is 11.3. The predicted molar refractivity (Wildman–Crippen MR) is 209 cm³/mol. The van der Waals surface area contributed by atoms with Crippen LogP contribution in [0.5, 0.6) is 0 Å². The van der Waals surface area contributed by atoms with Crippen LogP contribution in [0.2, 0.25) is 0 Å². The van der Waals surface area contributed by atoms with E-state index in [1.807, 2.05) is 62.4 Å². The van der Waals surface area contributed by atoms with Crippen LogP contribution in [0.3, 0.4) is 0 Å². The molecule has 8 rings (SSSR count). The molecule has 0 saturated carbocycles. The third kappa shape index (κ3) is 7.22. The zero-order chi connectivity index (χ0) is 38.0. The van der Waals surface area contributed by atoms with Gasteiger partial charge < -0.3 is 9.97 Å². The molecule has 0 amide bonds. The molecule has 2 atom stereocenters. The van der Waals surface area contributed by atoms with Crippen LogP contribution in [-0.2, 0) is 49.4 Å². The van der Waals surface area contributed by atoms with E-state index in [0.717, 1.165) is 118 Å². The number of rotatable bonds is 6. The molecule has 0 fully saturated rings. The number of hydrogen-bond donors (Lipinski definition) is 2. The van der Waals surface area contributed by atoms with Gasteiger partial charge in [0.2, 0.25) is 0 Å². The Morgan fingerprint density at radius 1 is 0.574 bits per heavy atom. The Morgan fingerprint density at radius 2 is 0.963 bits per heavy atom. The second-order valence-electron chi connectivity index (χ2n) is 15.3. The van der Waals surface area contributed by atoms with Gasteiger partial charge in [0.25, 0.3) is 11.1 Å². The van der Waals surface area contributed by atoms with Crippen LogP contribution in [0.25, 0.3) is 21.8 Å². The minimum absolute atomic E-state index is 0.0156. The fourth-order valence-corrected chi connectivity index (χ4v) is 8.33. The summed E-state index contributed by atoms with van der Waals surface area (Å²) in [6.45, 7) is 3.71. The number of halogens is 2. The number of nitrogens with zero attached hydrogens (tertiary/aromatic N) is 2. The van der Waals surface area contributed by atoms with Crippen molar-refractivity contribution in [2.75, 3.05) is 0 Å². The minimum Gasteiger partial charge on any atom is -0.322 e. The Kier molecular flexibility index (Phi) is 10.1. The molecule has 0 saturated heterocycles. The van der Waals surface area contributed by atoms with Crippen LogP contribution in [0, 0.1) is 34.3 Å². The summed E-state index contributed by atoms with van der Waals surface area (Å²) in [5, 5.41) is 21.9. The largest absolute Gasteiger partial charge is 0.322 e. The summed E-state index contributed by atoms with van der Waals surface area (Å²) in [6.07, 6.45) is 8.63. The molecule has 272 valence electrons. The van der Waals surface area contributed by atoms with Crippen molar-refractivity contribution in [2.45, 2.75) is 88.9 Å². The van der Waals surface area contributed by atoms with Crippen LogP contribution in [0.15, 0.2) is 94.5 Å². The molecule has 54 heavy (non-hydrogen) atoms. The molecule has 6 aromatic rings. The van der Waals surface area contributed by atoms with E-state index in [4.69, 9.17) is 0 Å². The van der Waals surface area contributed by atoms with E-state index in [-0.39, 0.29) is 22.8 Å². The standard InChI is InChI=1S/2C23H21FN2O/c2*1-23(14-25,13-15-5-4-6-17(24)11-15)16-9-10-19-18-7-2-3-8-20(18)22(27)26-21(19)12-16/h2*4-6,9-12H,2-3,7-8,13H2,1H3,(H,26,27)/t2*23-/m10/s1. The first-order valence-corrected chi connectivity index (χ1v) is 18.7. The van der Waals surface area contributed by atoms with Gasteiger partial charge in [0.1, 0.15) is 11.6 Å².